The minimum Gasteiger partial charge on any atom is -0.377 e. The van der Waals surface area contributed by atoms with Crippen molar-refractivity contribution in [1.82, 2.24) is 45.3 Å². The lowest BCUT2D eigenvalue weighted by Gasteiger charge is -2.33. The van der Waals surface area contributed by atoms with Gasteiger partial charge in [-0.1, -0.05) is 89.3 Å². The molecule has 24 heteroatoms. The summed E-state index contributed by atoms with van der Waals surface area (Å²) in [5, 5.41) is 25.1. The van der Waals surface area contributed by atoms with Crippen LogP contribution < -0.4 is 15.5 Å². The molecule has 83 heavy (non-hydrogen) atoms. The molecule has 5 aliphatic heterocycles. The molecule has 0 spiro atoms. The van der Waals surface area contributed by atoms with Crippen LogP contribution in [0.3, 0.4) is 0 Å². The second kappa shape index (κ2) is 28.6. The number of carbonyl (C=O) groups excluding carboxylic acids is 8. The van der Waals surface area contributed by atoms with Crippen molar-refractivity contribution in [3.05, 3.63) is 115 Å². The fraction of sp³-hybridized carbons (Fsp3) is 0.458. The Labute approximate surface area is 490 Å². The minimum atomic E-state index is -0.488. The number of imide groups is 2. The zero-order valence-corrected chi connectivity index (χ0v) is 48.2. The third-order valence-electron chi connectivity index (χ3n) is 15.1. The number of ether oxygens (including phenoxy) is 2. The molecule has 0 saturated carbocycles. The van der Waals surface area contributed by atoms with E-state index in [4.69, 9.17) is 9.47 Å². The molecule has 5 aliphatic rings. The van der Waals surface area contributed by atoms with Gasteiger partial charge in [-0.25, -0.2) is 4.68 Å². The lowest BCUT2D eigenvalue weighted by molar-refractivity contribution is -0.140. The number of nitrogens with one attached hydrogen (secondary N) is 2. The first-order valence-corrected chi connectivity index (χ1v) is 30.1. The molecular formula is C59H70N12O10S2. The largest absolute Gasteiger partial charge is 0.377 e. The molecule has 438 valence electrons. The van der Waals surface area contributed by atoms with Gasteiger partial charge in [0, 0.05) is 99.9 Å². The Bertz CT molecular complexity index is 3120. The number of amides is 8. The first-order valence-electron chi connectivity index (χ1n) is 28.2. The van der Waals surface area contributed by atoms with Gasteiger partial charge in [-0.15, -0.1) is 41.8 Å². The van der Waals surface area contributed by atoms with Crippen molar-refractivity contribution >= 4 is 76.5 Å². The van der Waals surface area contributed by atoms with Crippen LogP contribution in [0.5, 0.6) is 0 Å². The molecule has 0 radical (unpaired) electrons. The number of hydrogen-bond donors (Lipinski definition) is 2. The van der Waals surface area contributed by atoms with E-state index in [9.17, 15) is 38.4 Å². The second-order valence-corrected chi connectivity index (χ2v) is 23.4. The van der Waals surface area contributed by atoms with Crippen LogP contribution in [-0.4, -0.2) is 175 Å². The molecule has 2 saturated heterocycles. The van der Waals surface area contributed by atoms with Crippen LogP contribution in [0.1, 0.15) is 74.6 Å². The predicted molar refractivity (Wildman–Crippen MR) is 313 cm³/mol. The zero-order chi connectivity index (χ0) is 58.4. The Kier molecular flexibility index (Phi) is 20.7. The first-order chi connectivity index (χ1) is 40.3. The smallest absolute Gasteiger partial charge is 0.242 e. The summed E-state index contributed by atoms with van der Waals surface area (Å²) in [5.41, 5.74) is 6.59. The van der Waals surface area contributed by atoms with Crippen LogP contribution in [0.25, 0.3) is 22.5 Å². The van der Waals surface area contributed by atoms with Crippen LogP contribution in [0, 0.1) is 0 Å². The molecule has 8 amide bonds. The molecule has 4 unspecified atom stereocenters. The van der Waals surface area contributed by atoms with Crippen molar-refractivity contribution in [2.75, 3.05) is 76.3 Å². The Morgan fingerprint density at radius 1 is 0.723 bits per heavy atom. The third-order valence-corrected chi connectivity index (χ3v) is 17.6. The number of rotatable bonds is 27. The summed E-state index contributed by atoms with van der Waals surface area (Å²) in [6.45, 7) is 12.9. The number of aromatic nitrogens is 3. The number of hydrogen-bond acceptors (Lipinski definition) is 17. The van der Waals surface area contributed by atoms with Gasteiger partial charge in [0.15, 0.2) is 0 Å². The average Bonchev–Trinajstić information content (AvgIpc) is 2.77. The van der Waals surface area contributed by atoms with E-state index >= 15 is 0 Å². The molecule has 22 nitrogen and oxygen atoms in total. The number of para-hydroxylation sites is 1. The lowest BCUT2D eigenvalue weighted by atomic mass is 9.91. The maximum Gasteiger partial charge on any atom is 0.242 e. The van der Waals surface area contributed by atoms with Gasteiger partial charge in [0.2, 0.25) is 47.3 Å². The summed E-state index contributed by atoms with van der Waals surface area (Å²) in [6.07, 6.45) is 4.23. The molecule has 0 bridgehead atoms. The molecule has 5 atom stereocenters. The normalized spacial score (nSPS) is 19.5. The van der Waals surface area contributed by atoms with E-state index in [0.29, 0.717) is 76.2 Å². The molecule has 0 aliphatic carbocycles. The number of anilines is 1. The number of fused-ring (bicyclic) bond motifs is 8. The second-order valence-electron chi connectivity index (χ2n) is 20.6. The monoisotopic (exact) mass is 1170 g/mol. The van der Waals surface area contributed by atoms with Gasteiger partial charge in [-0.05, 0) is 36.1 Å². The molecule has 4 aromatic rings. The van der Waals surface area contributed by atoms with E-state index in [0.717, 1.165) is 43.3 Å². The summed E-state index contributed by atoms with van der Waals surface area (Å²) < 4.78 is 13.9. The van der Waals surface area contributed by atoms with Crippen LogP contribution in [0.15, 0.2) is 108 Å². The van der Waals surface area contributed by atoms with Crippen LogP contribution in [0.4, 0.5) is 5.69 Å². The Morgan fingerprint density at radius 2 is 1.35 bits per heavy atom. The molecule has 2 N–H and O–H groups in total. The van der Waals surface area contributed by atoms with E-state index in [1.165, 1.54) is 23.5 Å². The van der Waals surface area contributed by atoms with E-state index in [-0.39, 0.29) is 136 Å². The number of benzene rings is 3. The fourth-order valence-electron chi connectivity index (χ4n) is 10.8. The molecule has 3 aromatic carbocycles. The molecule has 2 fully saturated rings. The quantitative estimate of drug-likeness (QED) is 0.0437. The standard InChI is InChI=1S/C59H70N12O10S2/c1-4-34-82-47-35-53(76)67(58(47)78)26-21-49(72)60-23-18-51(74)66-25-20-45-56(42-14-8-6-12-40(42)37-66)70(64-62-45)28-30-80-32-33-81-31-29-71-57-43-15-9-7-13-41(43)38-69(46-17-11-10-16-44(46)55(57)63-65-71)52(75)19-24-61-50(73)22-27-68-54(77)36-48(59(68)79)83-39(3)5-2/h4-17,39,45,47-48,56H,1-2,18-38H2,3H3,(H,60,72)(H,61,73)/t39-,45?,47?,48?,56?/m1/s1. The van der Waals surface area contributed by atoms with Gasteiger partial charge in [0.25, 0.3) is 0 Å². The Hall–Kier alpha value is -7.54. The number of nitrogens with zero attached hydrogens (tertiary/aromatic N) is 10. The van der Waals surface area contributed by atoms with Crippen molar-refractivity contribution < 1.29 is 47.8 Å². The lowest BCUT2D eigenvalue weighted by Crippen LogP contribution is -2.40. The number of carbonyl (C=O) groups is 8. The van der Waals surface area contributed by atoms with Crippen molar-refractivity contribution in [2.45, 2.75) is 99.3 Å². The van der Waals surface area contributed by atoms with Gasteiger partial charge in [0.05, 0.1) is 74.0 Å². The van der Waals surface area contributed by atoms with Crippen molar-refractivity contribution in [3.63, 3.8) is 0 Å². The maximum absolute atomic E-state index is 14.1. The van der Waals surface area contributed by atoms with Crippen molar-refractivity contribution in [2.24, 2.45) is 10.3 Å². The summed E-state index contributed by atoms with van der Waals surface area (Å²) in [7, 11) is 0. The third kappa shape index (κ3) is 14.6. The van der Waals surface area contributed by atoms with E-state index in [1.807, 2.05) is 83.3 Å². The maximum atomic E-state index is 14.1. The fourth-order valence-corrected chi connectivity index (χ4v) is 12.8. The van der Waals surface area contributed by atoms with Crippen molar-refractivity contribution in [3.8, 4) is 22.5 Å². The van der Waals surface area contributed by atoms with Crippen LogP contribution >= 0.6 is 23.5 Å². The highest BCUT2D eigenvalue weighted by molar-refractivity contribution is 8.01. The van der Waals surface area contributed by atoms with Crippen LogP contribution in [-0.2, 0) is 67.5 Å². The van der Waals surface area contributed by atoms with Crippen LogP contribution in [0.2, 0.25) is 0 Å². The summed E-state index contributed by atoms with van der Waals surface area (Å²) >= 11 is 2.74. The Balaban J connectivity index is 0.712. The topological polar surface area (TPSA) is 251 Å². The molecule has 9 rings (SSSR count). The minimum absolute atomic E-state index is 0.00407. The van der Waals surface area contributed by atoms with Crippen molar-refractivity contribution in [1.29, 1.82) is 0 Å². The first kappa shape index (κ1) is 60.1. The highest BCUT2D eigenvalue weighted by Crippen LogP contribution is 2.42. The summed E-state index contributed by atoms with van der Waals surface area (Å²) in [6, 6.07) is 23.1. The summed E-state index contributed by atoms with van der Waals surface area (Å²) in [4.78, 5) is 110. The predicted octanol–water partition coefficient (Wildman–Crippen LogP) is 5.29. The van der Waals surface area contributed by atoms with E-state index in [2.05, 4.69) is 50.5 Å². The van der Waals surface area contributed by atoms with E-state index < -0.39 is 10.5 Å². The van der Waals surface area contributed by atoms with Gasteiger partial charge in [-0.2, -0.15) is 5.11 Å². The van der Waals surface area contributed by atoms with Gasteiger partial charge in [-0.3, -0.25) is 53.2 Å². The zero-order valence-electron chi connectivity index (χ0n) is 46.6. The van der Waals surface area contributed by atoms with E-state index in [1.54, 1.807) is 22.0 Å². The summed E-state index contributed by atoms with van der Waals surface area (Å²) in [5.74, 6) is -1.60. The highest BCUT2D eigenvalue weighted by Gasteiger charge is 2.41. The molecule has 1 aromatic heterocycles. The number of thioether (sulfide) groups is 2. The molecule has 6 heterocycles. The number of likely N-dealkylation sites (tertiary alicyclic amines) is 2. The SMILES string of the molecule is C=CCSC1CC(=O)N(CCC(=O)NCCC(=O)N2CCC3N=NN(CCOCCOCCn4nnc5c4-c4ccccc4CN(C(=O)CCNC(=O)CCN4C(=O)CC(S[C@H](C)C=C)C4=O)c4ccccc4-5)C3c3ccccc3C2)C1=O. The molecular weight excluding hydrogens is 1100 g/mol. The average molecular weight is 1170 g/mol. The van der Waals surface area contributed by atoms with Gasteiger partial charge >= 0.3 is 0 Å². The van der Waals surface area contributed by atoms with Gasteiger partial charge in [0.1, 0.15) is 11.7 Å². The Morgan fingerprint density at radius 3 is 2.06 bits per heavy atom. The highest BCUT2D eigenvalue weighted by atomic mass is 32.2. The van der Waals surface area contributed by atoms with Gasteiger partial charge < -0.3 is 29.9 Å².